The first-order valence-electron chi connectivity index (χ1n) is 9.65. The second-order valence-electron chi connectivity index (χ2n) is 7.53. The first-order chi connectivity index (χ1) is 13.6. The Morgan fingerprint density at radius 1 is 1.07 bits per heavy atom. The van der Waals surface area contributed by atoms with Gasteiger partial charge in [0, 0.05) is 25.2 Å². The van der Waals surface area contributed by atoms with Gasteiger partial charge in [-0.25, -0.2) is 0 Å². The van der Waals surface area contributed by atoms with Crippen LogP contribution in [0.1, 0.15) is 39.7 Å². The first-order valence-corrected chi connectivity index (χ1v) is 9.65. The van der Waals surface area contributed by atoms with E-state index >= 15 is 0 Å². The molecule has 144 valence electrons. The molecule has 5 heteroatoms. The molecule has 0 spiro atoms. The predicted molar refractivity (Wildman–Crippen MR) is 108 cm³/mol. The SMILES string of the molecule is CN(C)C1CCN(C(=O)c2cc(C(c3ccccc3)c3ccccc3)no2)C1. The molecule has 0 radical (unpaired) electrons. The average molecular weight is 375 g/mol. The molecule has 3 aromatic rings. The Balaban J connectivity index is 1.62. The Morgan fingerprint density at radius 2 is 1.68 bits per heavy atom. The molecule has 0 aliphatic carbocycles. The maximum absolute atomic E-state index is 12.9. The minimum Gasteiger partial charge on any atom is -0.351 e. The van der Waals surface area contributed by atoms with E-state index in [0.717, 1.165) is 36.3 Å². The first kappa shape index (κ1) is 18.4. The Hall–Kier alpha value is -2.92. The molecule has 0 saturated carbocycles. The van der Waals surface area contributed by atoms with Crippen LogP contribution < -0.4 is 0 Å². The zero-order chi connectivity index (χ0) is 19.5. The Bertz CT molecular complexity index is 882. The van der Waals surface area contributed by atoms with Crippen LogP contribution in [-0.4, -0.2) is 54.1 Å². The second kappa shape index (κ2) is 7.98. The Morgan fingerprint density at radius 3 is 2.21 bits per heavy atom. The van der Waals surface area contributed by atoms with Crippen LogP contribution in [0.5, 0.6) is 0 Å². The number of nitrogens with zero attached hydrogens (tertiary/aromatic N) is 3. The van der Waals surface area contributed by atoms with Crippen LogP contribution in [0.4, 0.5) is 0 Å². The van der Waals surface area contributed by atoms with Gasteiger partial charge < -0.3 is 14.3 Å². The fourth-order valence-corrected chi connectivity index (χ4v) is 3.85. The Kier molecular flexibility index (Phi) is 5.26. The van der Waals surface area contributed by atoms with Crippen LogP contribution in [0.15, 0.2) is 71.3 Å². The standard InChI is InChI=1S/C23H25N3O2/c1-25(2)19-13-14-26(16-19)23(27)21-15-20(24-28-21)22(17-9-5-3-6-10-17)18-11-7-4-8-12-18/h3-12,15,19,22H,13-14,16H2,1-2H3. The minimum absolute atomic E-state index is 0.0687. The molecule has 4 rings (SSSR count). The molecule has 0 bridgehead atoms. The lowest BCUT2D eigenvalue weighted by Gasteiger charge is -2.19. The van der Waals surface area contributed by atoms with Gasteiger partial charge in [-0.1, -0.05) is 65.8 Å². The highest BCUT2D eigenvalue weighted by Crippen LogP contribution is 2.31. The van der Waals surface area contributed by atoms with Gasteiger partial charge in [-0.2, -0.15) is 0 Å². The van der Waals surface area contributed by atoms with Gasteiger partial charge in [0.2, 0.25) is 5.76 Å². The fraction of sp³-hybridized carbons (Fsp3) is 0.304. The summed E-state index contributed by atoms with van der Waals surface area (Å²) in [6.45, 7) is 1.47. The van der Waals surface area contributed by atoms with Crippen molar-refractivity contribution in [2.75, 3.05) is 27.2 Å². The number of rotatable bonds is 5. The lowest BCUT2D eigenvalue weighted by molar-refractivity contribution is 0.0741. The van der Waals surface area contributed by atoms with Crippen LogP contribution in [0.25, 0.3) is 0 Å². The number of carbonyl (C=O) groups excluding carboxylic acids is 1. The molecule has 1 amide bonds. The fourth-order valence-electron chi connectivity index (χ4n) is 3.85. The normalized spacial score (nSPS) is 16.9. The maximum atomic E-state index is 12.9. The average Bonchev–Trinajstić information content (AvgIpc) is 3.40. The highest BCUT2D eigenvalue weighted by atomic mass is 16.5. The van der Waals surface area contributed by atoms with Gasteiger partial charge in [0.25, 0.3) is 5.91 Å². The molecule has 1 unspecified atom stereocenters. The van der Waals surface area contributed by atoms with Crippen molar-refractivity contribution < 1.29 is 9.32 Å². The molecular weight excluding hydrogens is 350 g/mol. The summed E-state index contributed by atoms with van der Waals surface area (Å²) in [6, 6.07) is 22.6. The lowest BCUT2D eigenvalue weighted by Crippen LogP contribution is -2.34. The van der Waals surface area contributed by atoms with Gasteiger partial charge in [0.15, 0.2) is 0 Å². The summed E-state index contributed by atoms with van der Waals surface area (Å²) in [5.41, 5.74) is 2.99. The topological polar surface area (TPSA) is 49.6 Å². The van der Waals surface area contributed by atoms with Gasteiger partial charge >= 0.3 is 0 Å². The molecule has 1 aliphatic heterocycles. The van der Waals surface area contributed by atoms with E-state index in [9.17, 15) is 4.79 Å². The van der Waals surface area contributed by atoms with E-state index in [1.54, 1.807) is 6.07 Å². The van der Waals surface area contributed by atoms with E-state index in [-0.39, 0.29) is 11.8 Å². The van der Waals surface area contributed by atoms with Crippen molar-refractivity contribution in [2.45, 2.75) is 18.4 Å². The van der Waals surface area contributed by atoms with Gasteiger partial charge in [-0.05, 0) is 31.6 Å². The van der Waals surface area contributed by atoms with Crippen molar-refractivity contribution in [3.05, 3.63) is 89.3 Å². The van der Waals surface area contributed by atoms with Crippen LogP contribution >= 0.6 is 0 Å². The van der Waals surface area contributed by atoms with Gasteiger partial charge in [-0.15, -0.1) is 0 Å². The number of likely N-dealkylation sites (tertiary alicyclic amines) is 1. The third kappa shape index (κ3) is 3.71. The number of aromatic nitrogens is 1. The van der Waals surface area contributed by atoms with Crippen LogP contribution in [0.2, 0.25) is 0 Å². The molecule has 2 heterocycles. The quantitative estimate of drug-likeness (QED) is 0.683. The molecule has 2 aromatic carbocycles. The summed E-state index contributed by atoms with van der Waals surface area (Å²) in [4.78, 5) is 16.9. The number of benzene rings is 2. The van der Waals surface area contributed by atoms with Crippen molar-refractivity contribution in [1.82, 2.24) is 15.0 Å². The number of amides is 1. The predicted octanol–water partition coefficient (Wildman–Crippen LogP) is 3.63. The summed E-state index contributed by atoms with van der Waals surface area (Å²) >= 11 is 0. The molecule has 1 atom stereocenters. The summed E-state index contributed by atoms with van der Waals surface area (Å²) in [5, 5.41) is 4.28. The van der Waals surface area contributed by atoms with E-state index in [4.69, 9.17) is 4.52 Å². The lowest BCUT2D eigenvalue weighted by atomic mass is 9.88. The largest absolute Gasteiger partial charge is 0.351 e. The van der Waals surface area contributed by atoms with Gasteiger partial charge in [0.05, 0.1) is 11.6 Å². The van der Waals surface area contributed by atoms with Crippen molar-refractivity contribution in [2.24, 2.45) is 0 Å². The van der Waals surface area contributed by atoms with Crippen molar-refractivity contribution >= 4 is 5.91 Å². The van der Waals surface area contributed by atoms with Crippen LogP contribution in [-0.2, 0) is 0 Å². The summed E-state index contributed by atoms with van der Waals surface area (Å²) in [5.74, 6) is 0.162. The van der Waals surface area contributed by atoms with Gasteiger partial charge in [-0.3, -0.25) is 4.79 Å². The molecule has 28 heavy (non-hydrogen) atoms. The summed E-state index contributed by atoms with van der Waals surface area (Å²) in [7, 11) is 4.10. The molecule has 1 fully saturated rings. The molecular formula is C23H25N3O2. The van der Waals surface area contributed by atoms with E-state index < -0.39 is 0 Å². The minimum atomic E-state index is -0.0806. The third-order valence-electron chi connectivity index (χ3n) is 5.48. The Labute approximate surface area is 165 Å². The van der Waals surface area contributed by atoms with E-state index in [1.165, 1.54) is 0 Å². The van der Waals surface area contributed by atoms with Crippen LogP contribution in [0.3, 0.4) is 0 Å². The zero-order valence-electron chi connectivity index (χ0n) is 16.3. The second-order valence-corrected chi connectivity index (χ2v) is 7.53. The number of carbonyl (C=O) groups is 1. The molecule has 5 nitrogen and oxygen atoms in total. The highest BCUT2D eigenvalue weighted by Gasteiger charge is 2.31. The van der Waals surface area contributed by atoms with Crippen molar-refractivity contribution in [3.8, 4) is 0 Å². The molecule has 1 saturated heterocycles. The highest BCUT2D eigenvalue weighted by molar-refractivity contribution is 5.91. The summed E-state index contributed by atoms with van der Waals surface area (Å²) < 4.78 is 5.50. The zero-order valence-corrected chi connectivity index (χ0v) is 16.3. The van der Waals surface area contributed by atoms with E-state index in [0.29, 0.717) is 11.8 Å². The van der Waals surface area contributed by atoms with Crippen molar-refractivity contribution in [3.63, 3.8) is 0 Å². The summed E-state index contributed by atoms with van der Waals surface area (Å²) in [6.07, 6.45) is 0.983. The van der Waals surface area contributed by atoms with Crippen molar-refractivity contribution in [1.29, 1.82) is 0 Å². The van der Waals surface area contributed by atoms with E-state index in [1.807, 2.05) is 41.3 Å². The number of hydrogen-bond donors (Lipinski definition) is 0. The van der Waals surface area contributed by atoms with E-state index in [2.05, 4.69) is 48.4 Å². The monoisotopic (exact) mass is 375 g/mol. The number of hydrogen-bond acceptors (Lipinski definition) is 4. The smallest absolute Gasteiger partial charge is 0.292 e. The number of likely N-dealkylation sites (N-methyl/N-ethyl adjacent to an activating group) is 1. The third-order valence-corrected chi connectivity index (χ3v) is 5.48. The molecule has 0 N–H and O–H groups in total. The van der Waals surface area contributed by atoms with Crippen LogP contribution in [0, 0.1) is 0 Å². The molecule has 1 aliphatic rings. The van der Waals surface area contributed by atoms with Gasteiger partial charge in [0.1, 0.15) is 0 Å². The molecule has 1 aromatic heterocycles. The maximum Gasteiger partial charge on any atom is 0.292 e.